The molecular formula is C50H75NO6. The maximum absolute atomic E-state index is 14.0. The van der Waals surface area contributed by atoms with E-state index in [1.807, 2.05) is 65.0 Å². The minimum absolute atomic E-state index is 0.132. The van der Waals surface area contributed by atoms with E-state index >= 15 is 0 Å². The van der Waals surface area contributed by atoms with Crippen LogP contribution in [0.15, 0.2) is 30.3 Å². The molecule has 1 aromatic carbocycles. The summed E-state index contributed by atoms with van der Waals surface area (Å²) in [5.74, 6) is 1.84. The fourth-order valence-electron chi connectivity index (χ4n) is 15.6. The first-order valence-electron chi connectivity index (χ1n) is 22.9. The zero-order valence-corrected chi connectivity index (χ0v) is 37.4. The molecule has 7 heteroatoms. The second kappa shape index (κ2) is 13.5. The number of amides is 1. The third-order valence-electron chi connectivity index (χ3n) is 19.4. The molecule has 1 aromatic rings. The maximum Gasteiger partial charge on any atom is 0.408 e. The highest BCUT2D eigenvalue weighted by Crippen LogP contribution is 2.78. The molecule has 0 aliphatic heterocycles. The molecule has 7 fully saturated rings. The maximum atomic E-state index is 14.0. The van der Waals surface area contributed by atoms with Gasteiger partial charge in [0.2, 0.25) is 0 Å². The Labute approximate surface area is 344 Å². The quantitative estimate of drug-likeness (QED) is 0.219. The van der Waals surface area contributed by atoms with Crippen LogP contribution in [0.3, 0.4) is 0 Å². The van der Waals surface area contributed by atoms with Gasteiger partial charge >= 0.3 is 18.0 Å². The Bertz CT molecular complexity index is 1740. The van der Waals surface area contributed by atoms with Gasteiger partial charge in [-0.25, -0.2) is 4.79 Å². The van der Waals surface area contributed by atoms with Crippen LogP contribution in [0.1, 0.15) is 165 Å². The highest BCUT2D eigenvalue weighted by molar-refractivity contribution is 5.82. The Balaban J connectivity index is 0.969. The van der Waals surface area contributed by atoms with Crippen molar-refractivity contribution in [2.45, 2.75) is 183 Å². The number of rotatable bonds is 7. The van der Waals surface area contributed by atoms with E-state index in [1.54, 1.807) is 0 Å². The first-order chi connectivity index (χ1) is 26.5. The van der Waals surface area contributed by atoms with Crippen LogP contribution in [0.4, 0.5) is 4.79 Å². The van der Waals surface area contributed by atoms with Crippen LogP contribution >= 0.6 is 0 Å². The van der Waals surface area contributed by atoms with Gasteiger partial charge < -0.3 is 19.5 Å². The topological polar surface area (TPSA) is 90.9 Å². The van der Waals surface area contributed by atoms with Gasteiger partial charge in [0.25, 0.3) is 0 Å². The van der Waals surface area contributed by atoms with Crippen LogP contribution < -0.4 is 5.32 Å². The summed E-state index contributed by atoms with van der Waals surface area (Å²) in [5, 5.41) is 3.61. The number of hydrogen-bond acceptors (Lipinski definition) is 6. The van der Waals surface area contributed by atoms with Crippen molar-refractivity contribution in [1.29, 1.82) is 0 Å². The van der Waals surface area contributed by atoms with Crippen molar-refractivity contribution < 1.29 is 28.6 Å². The van der Waals surface area contributed by atoms with E-state index in [-0.39, 0.29) is 69.8 Å². The third-order valence-corrected chi connectivity index (χ3v) is 19.4. The summed E-state index contributed by atoms with van der Waals surface area (Å²) in [6.07, 6.45) is 14.1. The van der Waals surface area contributed by atoms with Gasteiger partial charge in [-0.3, -0.25) is 9.59 Å². The van der Waals surface area contributed by atoms with E-state index in [9.17, 15) is 14.4 Å². The van der Waals surface area contributed by atoms with Crippen molar-refractivity contribution in [2.24, 2.45) is 73.9 Å². The van der Waals surface area contributed by atoms with Crippen molar-refractivity contribution >= 4 is 18.0 Å². The number of benzene rings is 1. The first kappa shape index (κ1) is 41.2. The average Bonchev–Trinajstić information content (AvgIpc) is 3.75. The summed E-state index contributed by atoms with van der Waals surface area (Å²) < 4.78 is 18.2. The van der Waals surface area contributed by atoms with Gasteiger partial charge in [-0.1, -0.05) is 85.7 Å². The van der Waals surface area contributed by atoms with Crippen molar-refractivity contribution in [2.75, 3.05) is 0 Å². The molecule has 57 heavy (non-hydrogen) atoms. The van der Waals surface area contributed by atoms with Gasteiger partial charge in [0.1, 0.15) is 18.3 Å². The molecule has 7 aliphatic rings. The number of carbonyl (C=O) groups is 3. The van der Waals surface area contributed by atoms with Crippen molar-refractivity contribution in [3.8, 4) is 0 Å². The highest BCUT2D eigenvalue weighted by Gasteiger charge is 2.73. The summed E-state index contributed by atoms with van der Waals surface area (Å²) in [5.41, 5.74) is 0.595. The standard InChI is InChI=1S/C50H75NO6/c1-43(2,3)57-42(54)51-50-24-19-32(46(8)25-26-46)39(50)33-17-18-37-47(9)22-21-38(45(6,7)36(47)20-23-49(37,11)48(33,10)27-28-50)56-41(53)35-29-34(44(35,4)5)40(52)55-30-31-15-13-12-14-16-31/h12-16,32-39H,17-30H2,1-11H3,(H,51,54)/t32-,33-,34+,35-,36+,37-,38+,39-,47?,48-,49-,50?/m1/s1. The van der Waals surface area contributed by atoms with Gasteiger partial charge in [-0.05, 0) is 166 Å². The fourth-order valence-corrected chi connectivity index (χ4v) is 15.6. The van der Waals surface area contributed by atoms with Crippen LogP contribution in [-0.4, -0.2) is 35.3 Å². The largest absolute Gasteiger partial charge is 0.462 e. The molecule has 0 radical (unpaired) electrons. The zero-order valence-electron chi connectivity index (χ0n) is 37.4. The predicted molar refractivity (Wildman–Crippen MR) is 223 cm³/mol. The van der Waals surface area contributed by atoms with Crippen LogP contribution in [0.25, 0.3) is 0 Å². The van der Waals surface area contributed by atoms with E-state index in [0.29, 0.717) is 41.4 Å². The van der Waals surface area contributed by atoms with Crippen LogP contribution in [-0.2, 0) is 30.4 Å². The molecule has 1 N–H and O–H groups in total. The summed E-state index contributed by atoms with van der Waals surface area (Å²) >= 11 is 0. The molecule has 1 amide bonds. The number of carbonyl (C=O) groups excluding carboxylic acids is 3. The minimum Gasteiger partial charge on any atom is -0.462 e. The van der Waals surface area contributed by atoms with Crippen molar-refractivity contribution in [1.82, 2.24) is 5.32 Å². The number of alkyl carbamates (subject to hydrolysis) is 1. The van der Waals surface area contributed by atoms with E-state index in [2.05, 4.69) is 46.9 Å². The molecule has 0 heterocycles. The average molecular weight is 786 g/mol. The van der Waals surface area contributed by atoms with E-state index < -0.39 is 11.0 Å². The lowest BCUT2D eigenvalue weighted by Gasteiger charge is -2.73. The van der Waals surface area contributed by atoms with Gasteiger partial charge in [0.15, 0.2) is 0 Å². The number of fused-ring (bicyclic) bond motifs is 7. The second-order valence-electron chi connectivity index (χ2n) is 23.8. The number of ether oxygens (including phenoxy) is 3. The zero-order chi connectivity index (χ0) is 41.2. The van der Waals surface area contributed by atoms with E-state index in [1.165, 1.54) is 38.5 Å². The number of nitrogens with one attached hydrogen (secondary N) is 1. The molecule has 0 aromatic heterocycles. The lowest BCUT2D eigenvalue weighted by molar-refractivity contribution is -0.249. The SMILES string of the molecule is CC(C)(C)OC(=O)NC12CC[C@@H](C3(C)CC3)[C@@H]1[C@H]1CC[C@@H]3C4(C)CC[C@H](OC(=O)[C@H]5C[C@@H](C(=O)OCc6ccccc6)C5(C)C)C(C)(C)[C@@H]4CC[C@@]3(C)[C@]1(C)CC2. The molecule has 7 aliphatic carbocycles. The molecule has 0 spiro atoms. The van der Waals surface area contributed by atoms with Gasteiger partial charge in [0.05, 0.1) is 11.8 Å². The lowest BCUT2D eigenvalue weighted by atomic mass is 9.32. The highest BCUT2D eigenvalue weighted by atomic mass is 16.6. The molecular weight excluding hydrogens is 711 g/mol. The van der Waals surface area contributed by atoms with Crippen LogP contribution in [0, 0.1) is 73.9 Å². The van der Waals surface area contributed by atoms with E-state index in [4.69, 9.17) is 14.2 Å². The number of esters is 2. The molecule has 0 saturated heterocycles. The molecule has 0 bridgehead atoms. The molecule has 2 unspecified atom stereocenters. The van der Waals surface area contributed by atoms with Crippen molar-refractivity contribution in [3.63, 3.8) is 0 Å². The molecule has 316 valence electrons. The smallest absolute Gasteiger partial charge is 0.408 e. The van der Waals surface area contributed by atoms with Crippen LogP contribution in [0.2, 0.25) is 0 Å². The van der Waals surface area contributed by atoms with Crippen LogP contribution in [0.5, 0.6) is 0 Å². The van der Waals surface area contributed by atoms with Crippen molar-refractivity contribution in [3.05, 3.63) is 35.9 Å². The van der Waals surface area contributed by atoms with Gasteiger partial charge in [0, 0.05) is 11.0 Å². The van der Waals surface area contributed by atoms with Gasteiger partial charge in [-0.2, -0.15) is 0 Å². The Kier molecular flexibility index (Phi) is 9.73. The molecule has 7 saturated carbocycles. The predicted octanol–water partition coefficient (Wildman–Crippen LogP) is 11.5. The summed E-state index contributed by atoms with van der Waals surface area (Å²) in [4.78, 5) is 40.7. The third kappa shape index (κ3) is 6.41. The second-order valence-corrected chi connectivity index (χ2v) is 23.8. The number of hydrogen-bond donors (Lipinski definition) is 1. The summed E-state index contributed by atoms with van der Waals surface area (Å²) in [7, 11) is 0. The summed E-state index contributed by atoms with van der Waals surface area (Å²) in [6, 6.07) is 9.77. The first-order valence-corrected chi connectivity index (χ1v) is 22.9. The molecule has 8 rings (SSSR count). The van der Waals surface area contributed by atoms with E-state index in [0.717, 1.165) is 44.1 Å². The minimum atomic E-state index is -0.514. The Morgan fingerprint density at radius 1 is 0.684 bits per heavy atom. The van der Waals surface area contributed by atoms with Gasteiger partial charge in [-0.15, -0.1) is 0 Å². The normalized spacial score (nSPS) is 43.4. The summed E-state index contributed by atoms with van der Waals surface area (Å²) in [6.45, 7) is 25.5. The lowest BCUT2D eigenvalue weighted by Crippen LogP contribution is -2.69. The molecule has 12 atom stereocenters. The Morgan fingerprint density at radius 2 is 1.37 bits per heavy atom. The monoisotopic (exact) mass is 786 g/mol. The Morgan fingerprint density at radius 3 is 2.02 bits per heavy atom. The Hall–Kier alpha value is -2.57. The fraction of sp³-hybridized carbons (Fsp3) is 0.820. The molecule has 7 nitrogen and oxygen atoms in total.